The second kappa shape index (κ2) is 10.9. The first-order valence-corrected chi connectivity index (χ1v) is 12.0. The summed E-state index contributed by atoms with van der Waals surface area (Å²) in [4.78, 5) is 30.5. The number of β-amino-alcohol motifs (C(OH)–C–C–N with tert-alkyl or cyclic N) is 1. The number of nitrogens with zero attached hydrogens (tertiary/aromatic N) is 2. The lowest BCUT2D eigenvalue weighted by Gasteiger charge is -2.30. The largest absolute Gasteiger partial charge is 0.493 e. The molecular formula is C25H23F3N2O6S. The van der Waals surface area contributed by atoms with E-state index in [0.717, 1.165) is 19.6 Å². The van der Waals surface area contributed by atoms with Crippen LogP contribution in [0.2, 0.25) is 0 Å². The van der Waals surface area contributed by atoms with Crippen molar-refractivity contribution in [3.63, 3.8) is 0 Å². The van der Waals surface area contributed by atoms with Gasteiger partial charge in [0.25, 0.3) is 5.91 Å². The summed E-state index contributed by atoms with van der Waals surface area (Å²) in [5, 5.41) is 10.4. The molecule has 2 aliphatic rings. The summed E-state index contributed by atoms with van der Waals surface area (Å²) in [6, 6.07) is 7.38. The number of aliphatic hydroxyl groups excluding tert-OH is 1. The number of thioether (sulfide) groups is 1. The van der Waals surface area contributed by atoms with E-state index in [0.29, 0.717) is 41.2 Å². The Morgan fingerprint density at radius 3 is 2.59 bits per heavy atom. The first kappa shape index (κ1) is 26.6. The number of ether oxygens (including phenoxy) is 3. The molecule has 0 spiro atoms. The van der Waals surface area contributed by atoms with Gasteiger partial charge in [-0.3, -0.25) is 4.79 Å². The van der Waals surface area contributed by atoms with E-state index < -0.39 is 35.5 Å². The van der Waals surface area contributed by atoms with Crippen molar-refractivity contribution in [2.75, 3.05) is 27.3 Å². The number of amidine groups is 1. The molecule has 1 atom stereocenters. The van der Waals surface area contributed by atoms with Gasteiger partial charge in [0.1, 0.15) is 5.75 Å². The van der Waals surface area contributed by atoms with Crippen molar-refractivity contribution in [1.82, 2.24) is 4.90 Å². The highest BCUT2D eigenvalue weighted by molar-refractivity contribution is 8.18. The second-order valence-corrected chi connectivity index (χ2v) is 9.27. The molecule has 0 bridgehead atoms. The first-order valence-electron chi connectivity index (χ1n) is 11.2. The van der Waals surface area contributed by atoms with Gasteiger partial charge in [0.05, 0.1) is 36.4 Å². The number of piperidine rings is 1. The maximum atomic E-state index is 13.7. The zero-order valence-electron chi connectivity index (χ0n) is 19.9. The van der Waals surface area contributed by atoms with E-state index in [-0.39, 0.29) is 17.1 Å². The van der Waals surface area contributed by atoms with E-state index in [4.69, 9.17) is 9.47 Å². The quantitative estimate of drug-likeness (QED) is 0.433. The van der Waals surface area contributed by atoms with E-state index in [1.807, 2.05) is 4.90 Å². The lowest BCUT2D eigenvalue weighted by molar-refractivity contribution is -0.138. The third-order valence-electron chi connectivity index (χ3n) is 5.69. The molecule has 1 N–H and O–H groups in total. The Morgan fingerprint density at radius 1 is 1.16 bits per heavy atom. The van der Waals surface area contributed by atoms with Gasteiger partial charge in [-0.05, 0) is 66.6 Å². The zero-order valence-corrected chi connectivity index (χ0v) is 20.7. The van der Waals surface area contributed by atoms with E-state index in [2.05, 4.69) is 9.73 Å². The first-order chi connectivity index (χ1) is 17.6. The van der Waals surface area contributed by atoms with E-state index in [9.17, 15) is 27.9 Å². The molecule has 1 fully saturated rings. The van der Waals surface area contributed by atoms with Gasteiger partial charge >= 0.3 is 12.1 Å². The Kier molecular flexibility index (Phi) is 7.79. The van der Waals surface area contributed by atoms with Crippen molar-refractivity contribution in [2.24, 2.45) is 4.99 Å². The maximum absolute atomic E-state index is 13.7. The number of rotatable bonds is 5. The van der Waals surface area contributed by atoms with Crippen LogP contribution in [-0.2, 0) is 15.7 Å². The van der Waals surface area contributed by atoms with Crippen LogP contribution in [0, 0.1) is 0 Å². The SMILES string of the molecule is COC(=O)c1ccc(Oc2ccc(/C=C3/SC(N4CCCC(O)C4)=NC3=O)cc2OC)c(C(F)(F)F)c1. The minimum absolute atomic E-state index is 0.00520. The maximum Gasteiger partial charge on any atom is 0.420 e. The van der Waals surface area contributed by atoms with Gasteiger partial charge in [0.2, 0.25) is 0 Å². The molecule has 0 aliphatic carbocycles. The van der Waals surface area contributed by atoms with Gasteiger partial charge in [0, 0.05) is 13.1 Å². The molecular weight excluding hydrogens is 513 g/mol. The van der Waals surface area contributed by atoms with Gasteiger partial charge in [-0.2, -0.15) is 18.2 Å². The Morgan fingerprint density at radius 2 is 1.92 bits per heavy atom. The van der Waals surface area contributed by atoms with Crippen molar-refractivity contribution in [2.45, 2.75) is 25.1 Å². The molecule has 2 heterocycles. The number of aliphatic imine (C=N–C) groups is 1. The van der Waals surface area contributed by atoms with Gasteiger partial charge in [-0.1, -0.05) is 6.07 Å². The number of aliphatic hydroxyl groups is 1. The summed E-state index contributed by atoms with van der Waals surface area (Å²) >= 11 is 1.19. The molecule has 1 unspecified atom stereocenters. The Bertz CT molecular complexity index is 1280. The lowest BCUT2D eigenvalue weighted by atomic mass is 10.1. The number of alkyl halides is 3. The fourth-order valence-electron chi connectivity index (χ4n) is 3.88. The second-order valence-electron chi connectivity index (χ2n) is 8.26. The lowest BCUT2D eigenvalue weighted by Crippen LogP contribution is -2.40. The van der Waals surface area contributed by atoms with Crippen LogP contribution in [0.1, 0.15) is 34.3 Å². The molecule has 8 nitrogen and oxygen atoms in total. The molecule has 12 heteroatoms. The Balaban J connectivity index is 1.56. The number of esters is 1. The van der Waals surface area contributed by atoms with Crippen LogP contribution >= 0.6 is 11.8 Å². The Labute approximate surface area is 214 Å². The molecule has 4 rings (SSSR count). The predicted molar refractivity (Wildman–Crippen MR) is 131 cm³/mol. The van der Waals surface area contributed by atoms with Gasteiger partial charge in [-0.25, -0.2) is 4.79 Å². The average molecular weight is 537 g/mol. The average Bonchev–Trinajstić information content (AvgIpc) is 3.24. The summed E-state index contributed by atoms with van der Waals surface area (Å²) < 4.78 is 56.3. The van der Waals surface area contributed by atoms with Crippen molar-refractivity contribution < 1.29 is 42.1 Å². The molecule has 1 saturated heterocycles. The van der Waals surface area contributed by atoms with Crippen molar-refractivity contribution in [1.29, 1.82) is 0 Å². The molecule has 2 aromatic rings. The monoisotopic (exact) mass is 536 g/mol. The molecule has 2 aliphatic heterocycles. The van der Waals surface area contributed by atoms with E-state index in [1.165, 1.54) is 37.1 Å². The van der Waals surface area contributed by atoms with Crippen LogP contribution in [0.4, 0.5) is 13.2 Å². The summed E-state index contributed by atoms with van der Waals surface area (Å²) in [5.41, 5.74) is -0.869. The van der Waals surface area contributed by atoms with Crippen LogP contribution in [0.25, 0.3) is 6.08 Å². The molecule has 1 amide bonds. The third-order valence-corrected chi connectivity index (χ3v) is 6.73. The van der Waals surface area contributed by atoms with Gasteiger partial charge in [-0.15, -0.1) is 0 Å². The topological polar surface area (TPSA) is 97.7 Å². The standard InChI is InChI=1S/C25H23F3N2O6S/c1-34-20-10-14(11-21-22(32)29-24(37-21)30-9-3-4-16(31)13-30)5-7-19(20)36-18-8-6-15(23(33)35-2)12-17(18)25(26,27)28/h5-8,10-12,16,31H,3-4,9,13H2,1-2H3/b21-11+. The van der Waals surface area contributed by atoms with Crippen molar-refractivity contribution in [3.05, 3.63) is 58.0 Å². The fraction of sp³-hybridized carbons (Fsp3) is 0.320. The summed E-state index contributed by atoms with van der Waals surface area (Å²) in [6.07, 6.45) is -2.15. The summed E-state index contributed by atoms with van der Waals surface area (Å²) in [5.74, 6) is -1.71. The van der Waals surface area contributed by atoms with E-state index in [1.54, 1.807) is 12.1 Å². The number of hydrogen-bond acceptors (Lipinski definition) is 8. The van der Waals surface area contributed by atoms with Crippen LogP contribution in [0.5, 0.6) is 17.2 Å². The highest BCUT2D eigenvalue weighted by Gasteiger charge is 2.36. The number of carbonyl (C=O) groups is 2. The van der Waals surface area contributed by atoms with Gasteiger partial charge in [0.15, 0.2) is 16.7 Å². The van der Waals surface area contributed by atoms with Crippen LogP contribution < -0.4 is 9.47 Å². The molecule has 0 aromatic heterocycles. The molecule has 37 heavy (non-hydrogen) atoms. The minimum atomic E-state index is -4.79. The van der Waals surface area contributed by atoms with Crippen LogP contribution in [0.15, 0.2) is 46.3 Å². The summed E-state index contributed by atoms with van der Waals surface area (Å²) in [7, 11) is 2.41. The smallest absolute Gasteiger partial charge is 0.420 e. The number of amides is 1. The molecule has 0 saturated carbocycles. The fourth-order valence-corrected chi connectivity index (χ4v) is 4.82. The van der Waals surface area contributed by atoms with Crippen molar-refractivity contribution in [3.8, 4) is 17.2 Å². The van der Waals surface area contributed by atoms with E-state index >= 15 is 0 Å². The molecule has 0 radical (unpaired) electrons. The van der Waals surface area contributed by atoms with Crippen LogP contribution in [0.3, 0.4) is 0 Å². The minimum Gasteiger partial charge on any atom is -0.493 e. The normalized spacial score (nSPS) is 19.1. The summed E-state index contributed by atoms with van der Waals surface area (Å²) in [6.45, 7) is 1.11. The number of halogens is 3. The highest BCUT2D eigenvalue weighted by atomic mass is 32.2. The van der Waals surface area contributed by atoms with Gasteiger partial charge < -0.3 is 24.2 Å². The third kappa shape index (κ3) is 6.08. The zero-order chi connectivity index (χ0) is 26.7. The highest BCUT2D eigenvalue weighted by Crippen LogP contribution is 2.41. The van der Waals surface area contributed by atoms with Crippen LogP contribution in [-0.4, -0.2) is 60.5 Å². The molecule has 2 aromatic carbocycles. The number of methoxy groups -OCH3 is 2. The Hall–Kier alpha value is -3.51. The molecule has 196 valence electrons. The predicted octanol–water partition coefficient (Wildman–Crippen LogP) is 4.72. The number of hydrogen-bond donors (Lipinski definition) is 1. The number of benzene rings is 2. The number of likely N-dealkylation sites (tertiary alicyclic amines) is 1. The number of carbonyl (C=O) groups excluding carboxylic acids is 2. The van der Waals surface area contributed by atoms with Crippen molar-refractivity contribution >= 4 is 34.9 Å².